The number of carbonyl (C=O) groups excluding carboxylic acids is 1. The molecule has 0 spiro atoms. The molecule has 1 fully saturated rings. The smallest absolute Gasteiger partial charge is 0.408 e. The number of aromatic nitrogens is 4. The van der Waals surface area contributed by atoms with Crippen molar-refractivity contribution in [1.82, 2.24) is 24.8 Å². The van der Waals surface area contributed by atoms with Gasteiger partial charge in [0.15, 0.2) is 11.5 Å². The molecule has 3 N–H and O–H groups in total. The van der Waals surface area contributed by atoms with Gasteiger partial charge in [-0.1, -0.05) is 6.07 Å². The Balaban J connectivity index is 1.43. The van der Waals surface area contributed by atoms with E-state index in [-0.39, 0.29) is 6.04 Å². The Labute approximate surface area is 222 Å². The van der Waals surface area contributed by atoms with Crippen LogP contribution in [0.25, 0.3) is 28.2 Å². The Bertz CT molecular complexity index is 1520. The summed E-state index contributed by atoms with van der Waals surface area (Å²) in [6, 6.07) is 14.1. The fourth-order valence-corrected chi connectivity index (χ4v) is 5.44. The second-order valence-electron chi connectivity index (χ2n) is 11.0. The van der Waals surface area contributed by atoms with E-state index in [0.29, 0.717) is 11.6 Å². The summed E-state index contributed by atoms with van der Waals surface area (Å²) < 4.78 is 7.56. The third-order valence-electron chi connectivity index (χ3n) is 7.15. The van der Waals surface area contributed by atoms with Gasteiger partial charge in [0.1, 0.15) is 22.8 Å². The van der Waals surface area contributed by atoms with Gasteiger partial charge >= 0.3 is 6.09 Å². The molecule has 4 heterocycles. The van der Waals surface area contributed by atoms with Crippen LogP contribution in [-0.2, 0) is 11.2 Å². The molecule has 1 atom stereocenters. The average Bonchev–Trinajstić information content (AvgIpc) is 3.61. The number of benzene rings is 1. The number of nitrogens with one attached hydrogen (secondary N) is 1. The number of nitrogens with zero attached hydrogens (tertiary/aromatic N) is 5. The molecular weight excluding hydrogens is 478 g/mol. The second-order valence-corrected chi connectivity index (χ2v) is 11.0. The Hall–Kier alpha value is -4.14. The maximum Gasteiger partial charge on any atom is 0.408 e. The highest BCUT2D eigenvalue weighted by atomic mass is 16.6. The predicted octanol–water partition coefficient (Wildman–Crippen LogP) is 5.18. The molecule has 196 valence electrons. The first-order valence-corrected chi connectivity index (χ1v) is 13.2. The molecule has 6 rings (SSSR count). The largest absolute Gasteiger partial charge is 0.444 e. The highest BCUT2D eigenvalue weighted by Crippen LogP contribution is 2.36. The van der Waals surface area contributed by atoms with Crippen LogP contribution in [0.15, 0.2) is 48.7 Å². The topological polar surface area (TPSA) is 111 Å². The summed E-state index contributed by atoms with van der Waals surface area (Å²) in [5.41, 5.74) is 11.4. The van der Waals surface area contributed by atoms with Crippen molar-refractivity contribution in [3.8, 4) is 17.1 Å². The molecule has 0 bridgehead atoms. The lowest BCUT2D eigenvalue weighted by Crippen LogP contribution is -2.34. The van der Waals surface area contributed by atoms with Crippen molar-refractivity contribution in [2.24, 2.45) is 0 Å². The molecule has 0 unspecified atom stereocenters. The SMILES string of the molecule is CC(C)(C)OC(=O)N[C@H]1CCc2cc(-n3c(-c4cccnc4N)nc4ccc(N5CCCC5)nc43)ccc21. The molecule has 2 aliphatic rings. The van der Waals surface area contributed by atoms with Crippen LogP contribution in [0.4, 0.5) is 16.4 Å². The van der Waals surface area contributed by atoms with Gasteiger partial charge in [0.2, 0.25) is 0 Å². The van der Waals surface area contributed by atoms with Crippen molar-refractivity contribution < 1.29 is 9.53 Å². The van der Waals surface area contributed by atoms with E-state index in [1.165, 1.54) is 18.4 Å². The first kappa shape index (κ1) is 24.2. The number of hydrogen-bond donors (Lipinski definition) is 2. The van der Waals surface area contributed by atoms with E-state index in [4.69, 9.17) is 20.4 Å². The summed E-state index contributed by atoms with van der Waals surface area (Å²) in [5.74, 6) is 2.09. The number of fused-ring (bicyclic) bond motifs is 2. The fraction of sp³-hybridized carbons (Fsp3) is 0.379. The maximum absolute atomic E-state index is 12.4. The van der Waals surface area contributed by atoms with E-state index in [0.717, 1.165) is 59.7 Å². The standard InChI is InChI=1S/C29H33N7O2/c1-29(2,3)38-28(37)33-22-11-8-18-17-19(9-10-20(18)22)36-26(21-7-6-14-31-25(21)30)32-23-12-13-24(34-27(23)36)35-15-4-5-16-35/h6-7,9-10,12-14,17,22H,4-5,8,11,15-16H2,1-3H3,(H2,30,31)(H,33,37)/t22-/m0/s1. The number of aryl methyl sites for hydroxylation is 1. The van der Waals surface area contributed by atoms with Crippen LogP contribution < -0.4 is 16.0 Å². The fourth-order valence-electron chi connectivity index (χ4n) is 5.44. The van der Waals surface area contributed by atoms with Gasteiger partial charge in [-0.3, -0.25) is 4.57 Å². The Kier molecular flexibility index (Phi) is 5.93. The van der Waals surface area contributed by atoms with Crippen molar-refractivity contribution in [3.05, 3.63) is 59.8 Å². The number of carbonyl (C=O) groups is 1. The van der Waals surface area contributed by atoms with Crippen molar-refractivity contribution in [2.45, 2.75) is 58.1 Å². The van der Waals surface area contributed by atoms with Crippen molar-refractivity contribution in [3.63, 3.8) is 0 Å². The van der Waals surface area contributed by atoms with Gasteiger partial charge in [0.25, 0.3) is 0 Å². The van der Waals surface area contributed by atoms with Gasteiger partial charge in [-0.25, -0.2) is 19.7 Å². The van der Waals surface area contributed by atoms with Gasteiger partial charge in [0.05, 0.1) is 11.6 Å². The van der Waals surface area contributed by atoms with Gasteiger partial charge in [-0.15, -0.1) is 0 Å². The quantitative estimate of drug-likeness (QED) is 0.388. The van der Waals surface area contributed by atoms with E-state index in [1.54, 1.807) is 6.20 Å². The third kappa shape index (κ3) is 4.53. The van der Waals surface area contributed by atoms with Crippen molar-refractivity contribution >= 4 is 28.9 Å². The van der Waals surface area contributed by atoms with Crippen LogP contribution in [-0.4, -0.2) is 44.3 Å². The van der Waals surface area contributed by atoms with E-state index in [2.05, 4.69) is 44.0 Å². The number of anilines is 2. The van der Waals surface area contributed by atoms with Gasteiger partial charge < -0.3 is 20.7 Å². The van der Waals surface area contributed by atoms with Gasteiger partial charge in [-0.05, 0) is 94.0 Å². The number of nitrogen functional groups attached to an aromatic ring is 1. The van der Waals surface area contributed by atoms with Gasteiger partial charge in [0, 0.05) is 25.0 Å². The van der Waals surface area contributed by atoms with Crippen LogP contribution in [0.5, 0.6) is 0 Å². The molecule has 9 nitrogen and oxygen atoms in total. The normalized spacial score (nSPS) is 17.1. The molecule has 3 aromatic heterocycles. The minimum atomic E-state index is -0.538. The monoisotopic (exact) mass is 511 g/mol. The van der Waals surface area contributed by atoms with Crippen LogP contribution in [0.2, 0.25) is 0 Å². The minimum absolute atomic E-state index is 0.0817. The molecule has 9 heteroatoms. The van der Waals surface area contributed by atoms with E-state index < -0.39 is 11.7 Å². The van der Waals surface area contributed by atoms with Crippen LogP contribution in [0.3, 0.4) is 0 Å². The zero-order valence-corrected chi connectivity index (χ0v) is 22.1. The first-order valence-electron chi connectivity index (χ1n) is 13.2. The number of nitrogens with two attached hydrogens (primary N) is 1. The molecule has 1 amide bonds. The Morgan fingerprint density at radius 1 is 1.11 bits per heavy atom. The van der Waals surface area contributed by atoms with Crippen LogP contribution >= 0.6 is 0 Å². The molecule has 38 heavy (non-hydrogen) atoms. The average molecular weight is 512 g/mol. The molecular formula is C29H33N7O2. The molecule has 0 saturated carbocycles. The number of imidazole rings is 1. The first-order chi connectivity index (χ1) is 18.3. The summed E-state index contributed by atoms with van der Waals surface area (Å²) in [5, 5.41) is 3.04. The van der Waals surface area contributed by atoms with E-state index in [9.17, 15) is 4.79 Å². The lowest BCUT2D eigenvalue weighted by molar-refractivity contribution is 0.0503. The van der Waals surface area contributed by atoms with Crippen molar-refractivity contribution in [1.29, 1.82) is 0 Å². The maximum atomic E-state index is 12.4. The number of ether oxygens (including phenoxy) is 1. The zero-order chi connectivity index (χ0) is 26.4. The highest BCUT2D eigenvalue weighted by molar-refractivity contribution is 5.84. The zero-order valence-electron chi connectivity index (χ0n) is 22.1. The van der Waals surface area contributed by atoms with Crippen LogP contribution in [0, 0.1) is 0 Å². The number of amides is 1. The molecule has 1 saturated heterocycles. The number of pyridine rings is 2. The molecule has 1 aromatic carbocycles. The second kappa shape index (κ2) is 9.31. The number of rotatable bonds is 4. The minimum Gasteiger partial charge on any atom is -0.444 e. The summed E-state index contributed by atoms with van der Waals surface area (Å²) in [7, 11) is 0. The summed E-state index contributed by atoms with van der Waals surface area (Å²) in [6.07, 6.45) is 5.32. The van der Waals surface area contributed by atoms with Gasteiger partial charge in [-0.2, -0.15) is 0 Å². The van der Waals surface area contributed by atoms with Crippen LogP contribution in [0.1, 0.15) is 57.2 Å². The van der Waals surface area contributed by atoms with Crippen molar-refractivity contribution in [2.75, 3.05) is 23.7 Å². The number of alkyl carbamates (subject to hydrolysis) is 1. The van der Waals surface area contributed by atoms with E-state index in [1.807, 2.05) is 39.0 Å². The predicted molar refractivity (Wildman–Crippen MR) is 148 cm³/mol. The molecule has 0 radical (unpaired) electrons. The lowest BCUT2D eigenvalue weighted by Gasteiger charge is -2.22. The Morgan fingerprint density at radius 2 is 1.92 bits per heavy atom. The molecule has 1 aliphatic heterocycles. The summed E-state index contributed by atoms with van der Waals surface area (Å²) in [4.78, 5) is 29.1. The molecule has 4 aromatic rings. The summed E-state index contributed by atoms with van der Waals surface area (Å²) in [6.45, 7) is 7.63. The molecule has 1 aliphatic carbocycles. The van der Waals surface area contributed by atoms with E-state index >= 15 is 0 Å². The summed E-state index contributed by atoms with van der Waals surface area (Å²) >= 11 is 0. The Morgan fingerprint density at radius 3 is 2.68 bits per heavy atom. The third-order valence-corrected chi connectivity index (χ3v) is 7.15. The highest BCUT2D eigenvalue weighted by Gasteiger charge is 2.28. The number of hydrogen-bond acceptors (Lipinski definition) is 7. The lowest BCUT2D eigenvalue weighted by atomic mass is 10.1.